The van der Waals surface area contributed by atoms with Gasteiger partial charge in [0.05, 0.1) is 15.7 Å². The van der Waals surface area contributed by atoms with Crippen LogP contribution in [-0.4, -0.2) is 18.1 Å². The summed E-state index contributed by atoms with van der Waals surface area (Å²) in [7, 11) is 0. The summed E-state index contributed by atoms with van der Waals surface area (Å²) in [5.74, 6) is 0. The van der Waals surface area contributed by atoms with E-state index < -0.39 is 13.1 Å². The Kier molecular flexibility index (Phi) is 0.362. The Morgan fingerprint density at radius 1 is 2.17 bits per heavy atom. The van der Waals surface area contributed by atoms with Crippen LogP contribution in [0.5, 0.6) is 0 Å². The summed E-state index contributed by atoms with van der Waals surface area (Å²) in [5, 5.41) is 2.69. The lowest BCUT2D eigenvalue weighted by atomic mass is 10.7. The van der Waals surface area contributed by atoms with Gasteiger partial charge in [0, 0.05) is 6.52 Å². The second-order valence-electron chi connectivity index (χ2n) is 0.859. The third-order valence-corrected chi connectivity index (χ3v) is 0.633. The molecule has 1 aliphatic heterocycles. The van der Waals surface area contributed by atoms with Crippen LogP contribution in [0.4, 0.5) is 0 Å². The zero-order valence-corrected chi connectivity index (χ0v) is 3.75. The summed E-state index contributed by atoms with van der Waals surface area (Å²) in [5.41, 5.74) is 0. The third-order valence-electron chi connectivity index (χ3n) is 0.425. The number of hydrogen-bond acceptors (Lipinski definition) is 2. The van der Waals surface area contributed by atoms with E-state index in [2.05, 4.69) is 17.5 Å². The van der Waals surface area contributed by atoms with Crippen LogP contribution in [0, 0.1) is 0 Å². The van der Waals surface area contributed by atoms with Gasteiger partial charge in [0.2, 0.25) is 0 Å². The molecule has 2 N–H and O–H groups in total. The molecule has 2 nitrogen and oxygen atoms in total. The lowest BCUT2D eigenvalue weighted by Gasteiger charge is -1.82. The molecule has 6 heavy (non-hydrogen) atoms. The maximum absolute atomic E-state index is 7.09. The number of nitrogens with one attached hydrogen (secondary N) is 2. The smallest absolute Gasteiger partial charge is 0.124 e. The van der Waals surface area contributed by atoms with E-state index in [1.54, 1.807) is 0 Å². The van der Waals surface area contributed by atoms with Crippen molar-refractivity contribution in [2.24, 2.45) is 0 Å². The first kappa shape index (κ1) is 1.42. The first-order valence-corrected chi connectivity index (χ1v) is 1.88. The zero-order chi connectivity index (χ0) is 7.94. The minimum Gasteiger partial charge on any atom is -0.366 e. The highest BCUT2D eigenvalue weighted by Crippen LogP contribution is 1.73. The number of thiocarbonyl (C=S) groups is 1. The largest absolute Gasteiger partial charge is 0.366 e. The fourth-order valence-corrected chi connectivity index (χ4v) is 0.309. The van der Waals surface area contributed by atoms with Gasteiger partial charge in [-0.05, 0) is 0 Å². The van der Waals surface area contributed by atoms with Crippen LogP contribution in [0.2, 0.25) is 1.41 Å². The van der Waals surface area contributed by atoms with Crippen molar-refractivity contribution < 1.29 is 5.52 Å². The Bertz CT molecular complexity index is 172. The van der Waals surface area contributed by atoms with Crippen LogP contribution in [0.25, 0.3) is 0 Å². The molecule has 1 unspecified atom stereocenters. The molecule has 0 spiro atoms. The minimum atomic E-state index is -1.98. The number of rotatable bonds is 0. The number of hydrogen-bond donors (Lipinski definition) is 2. The van der Waals surface area contributed by atoms with Gasteiger partial charge in [0.25, 0.3) is 0 Å². The molecule has 1 fully saturated rings. The molecule has 1 saturated heterocycles. The average Bonchev–Trinajstić information content (AvgIpc) is 1.95. The maximum Gasteiger partial charge on any atom is 0.124 e. The van der Waals surface area contributed by atoms with E-state index in [9.17, 15) is 0 Å². The lowest BCUT2D eigenvalue weighted by molar-refractivity contribution is 0.818. The van der Waals surface area contributed by atoms with Gasteiger partial charge >= 0.3 is 0 Å². The predicted molar refractivity (Wildman–Crippen MR) is 28.6 cm³/mol. The van der Waals surface area contributed by atoms with Crippen molar-refractivity contribution in [3.63, 3.8) is 0 Å². The molecule has 0 aromatic rings. The maximum atomic E-state index is 7.09. The van der Waals surface area contributed by atoms with E-state index in [1.165, 1.54) is 0 Å². The van der Waals surface area contributed by atoms with E-state index in [1.807, 2.05) is 0 Å². The summed E-state index contributed by atoms with van der Waals surface area (Å²) in [4.78, 5) is 0.0556. The quantitative estimate of drug-likeness (QED) is 0.406. The highest BCUT2D eigenvalue weighted by Gasteiger charge is 1.99. The molecule has 0 bridgehead atoms. The Morgan fingerprint density at radius 2 is 3.00 bits per heavy atom. The Morgan fingerprint density at radius 3 is 3.17 bits per heavy atom. The van der Waals surface area contributed by atoms with E-state index in [4.69, 9.17) is 5.52 Å². The van der Waals surface area contributed by atoms with Crippen LogP contribution in [0.3, 0.4) is 0 Å². The molecular formula is C3H6N2S. The van der Waals surface area contributed by atoms with Crippen LogP contribution in [0.15, 0.2) is 0 Å². The van der Waals surface area contributed by atoms with Crippen molar-refractivity contribution in [3.8, 4) is 0 Å². The van der Waals surface area contributed by atoms with Gasteiger partial charge in [-0.3, -0.25) is 5.31 Å². The van der Waals surface area contributed by atoms with Crippen LogP contribution < -0.4 is 10.6 Å². The van der Waals surface area contributed by atoms with Gasteiger partial charge in [0.15, 0.2) is 0 Å². The molecule has 34 valence electrons. The first-order chi connectivity index (χ1) is 4.45. The Balaban J connectivity index is 2.81. The Labute approximate surface area is 47.6 Å². The van der Waals surface area contributed by atoms with E-state index in [-0.39, 0.29) is 4.99 Å². The molecule has 0 amide bonds. The molecule has 0 aromatic carbocycles. The van der Waals surface area contributed by atoms with E-state index >= 15 is 0 Å². The zero-order valence-electron chi connectivity index (χ0n) is 6.93. The monoisotopic (exact) mass is 106 g/mol. The summed E-state index contributed by atoms with van der Waals surface area (Å²) in [6.45, 7) is -3.06. The summed E-state index contributed by atoms with van der Waals surface area (Å²) >= 11 is 4.57. The topological polar surface area (TPSA) is 24.1 Å². The Hall–Kier alpha value is -0.150. The standard InChI is InChI=1S/C3H6N2S/c6-3-1-4-2-5-3/h4H,1-2H2,(H,5,6)/i1D,2D2/hD. The molecule has 3 heteroatoms. The summed E-state index contributed by atoms with van der Waals surface area (Å²) in [6.07, 6.45) is 0. The predicted octanol–water partition coefficient (Wildman–Crippen LogP) is -0.536. The normalized spacial score (nSPS) is 54.7. The molecule has 1 rings (SSSR count). The van der Waals surface area contributed by atoms with E-state index in [0.29, 0.717) is 5.31 Å². The molecule has 0 saturated carbocycles. The van der Waals surface area contributed by atoms with Crippen molar-refractivity contribution >= 4 is 17.2 Å². The van der Waals surface area contributed by atoms with Crippen LogP contribution in [0.1, 0.15) is 4.11 Å². The second-order valence-corrected chi connectivity index (χ2v) is 1.30. The summed E-state index contributed by atoms with van der Waals surface area (Å²) in [6, 6.07) is 0. The van der Waals surface area contributed by atoms with Crippen LogP contribution in [-0.2, 0) is 0 Å². The van der Waals surface area contributed by atoms with Crippen LogP contribution >= 0.6 is 12.2 Å². The molecular weight excluding hydrogens is 96.1 g/mol. The fourth-order valence-electron chi connectivity index (χ4n) is 0.211. The molecule has 0 aliphatic carbocycles. The highest BCUT2D eigenvalue weighted by molar-refractivity contribution is 7.80. The summed E-state index contributed by atoms with van der Waals surface area (Å²) < 4.78 is 28.2. The fraction of sp³-hybridized carbons (Fsp3) is 0.667. The van der Waals surface area contributed by atoms with Gasteiger partial charge in [-0.2, -0.15) is 0 Å². The molecule has 0 radical (unpaired) electrons. The van der Waals surface area contributed by atoms with Crippen molar-refractivity contribution in [1.29, 1.82) is 0 Å². The second kappa shape index (κ2) is 1.53. The molecule has 1 atom stereocenters. The molecule has 1 heterocycles. The lowest BCUT2D eigenvalue weighted by Crippen LogP contribution is -2.13. The molecule has 0 aromatic heterocycles. The highest BCUT2D eigenvalue weighted by atomic mass is 32.1. The van der Waals surface area contributed by atoms with Gasteiger partial charge in [-0.25, -0.2) is 0 Å². The average molecular weight is 106 g/mol. The van der Waals surface area contributed by atoms with Crippen molar-refractivity contribution in [2.45, 2.75) is 0 Å². The van der Waals surface area contributed by atoms with Gasteiger partial charge in [-0.1, -0.05) is 12.2 Å². The molecule has 1 aliphatic rings. The van der Waals surface area contributed by atoms with Gasteiger partial charge in [0.1, 0.15) is 1.41 Å². The minimum absolute atomic E-state index is 0.0556. The first-order valence-electron chi connectivity index (χ1n) is 3.50. The van der Waals surface area contributed by atoms with Gasteiger partial charge < -0.3 is 5.32 Å². The van der Waals surface area contributed by atoms with Crippen molar-refractivity contribution in [1.82, 2.24) is 10.6 Å². The van der Waals surface area contributed by atoms with Crippen molar-refractivity contribution in [2.75, 3.05) is 13.1 Å². The SMILES string of the molecule is [2H]C1C(=S)NC([2H])([2H])N1[2H]. The van der Waals surface area contributed by atoms with E-state index in [0.717, 1.165) is 0 Å². The third kappa shape index (κ3) is 0.666. The van der Waals surface area contributed by atoms with Crippen molar-refractivity contribution in [3.05, 3.63) is 0 Å². The van der Waals surface area contributed by atoms with Gasteiger partial charge in [-0.15, -0.1) is 0 Å².